The summed E-state index contributed by atoms with van der Waals surface area (Å²) in [6.45, 7) is 0.322. The van der Waals surface area contributed by atoms with Crippen molar-refractivity contribution in [3.63, 3.8) is 0 Å². The summed E-state index contributed by atoms with van der Waals surface area (Å²) >= 11 is 1.28. The minimum Gasteiger partial charge on any atom is -0.289 e. The summed E-state index contributed by atoms with van der Waals surface area (Å²) < 4.78 is 2.84. The standard InChI is InChI=1S/C12H11N5O2S/c13-14-11(18)9-5-4-8(20-9)7-17-12(19)16-6-2-1-3-10(16)15-17/h1-6H,7,13H2,(H,14,18). The van der Waals surface area contributed by atoms with Crippen LogP contribution in [-0.2, 0) is 6.54 Å². The SMILES string of the molecule is NNC(=O)c1ccc(Cn2nc3ccccn3c2=O)s1. The average molecular weight is 289 g/mol. The topological polar surface area (TPSA) is 94.4 Å². The van der Waals surface area contributed by atoms with Crippen LogP contribution in [0.4, 0.5) is 0 Å². The highest BCUT2D eigenvalue weighted by Gasteiger charge is 2.10. The fourth-order valence-electron chi connectivity index (χ4n) is 1.87. The van der Waals surface area contributed by atoms with Gasteiger partial charge in [-0.1, -0.05) is 6.07 Å². The molecule has 3 heterocycles. The first-order valence-corrected chi connectivity index (χ1v) is 6.64. The molecule has 0 aliphatic rings. The molecule has 1 amide bonds. The Morgan fingerprint density at radius 2 is 2.20 bits per heavy atom. The van der Waals surface area contributed by atoms with Gasteiger partial charge in [-0.15, -0.1) is 16.4 Å². The van der Waals surface area contributed by atoms with Crippen LogP contribution in [0.5, 0.6) is 0 Å². The number of nitrogens with zero attached hydrogens (tertiary/aromatic N) is 3. The molecule has 7 nitrogen and oxygen atoms in total. The summed E-state index contributed by atoms with van der Waals surface area (Å²) in [6.07, 6.45) is 1.67. The number of nitrogen functional groups attached to an aromatic ring is 1. The predicted molar refractivity (Wildman–Crippen MR) is 74.5 cm³/mol. The second-order valence-electron chi connectivity index (χ2n) is 4.11. The zero-order chi connectivity index (χ0) is 14.1. The average Bonchev–Trinajstić information content (AvgIpc) is 3.05. The first kappa shape index (κ1) is 12.6. The van der Waals surface area contributed by atoms with E-state index in [9.17, 15) is 9.59 Å². The van der Waals surface area contributed by atoms with Gasteiger partial charge in [0.15, 0.2) is 5.65 Å². The molecule has 3 N–H and O–H groups in total. The van der Waals surface area contributed by atoms with Crippen LogP contribution >= 0.6 is 11.3 Å². The number of rotatable bonds is 3. The molecular weight excluding hydrogens is 278 g/mol. The molecule has 0 bridgehead atoms. The lowest BCUT2D eigenvalue weighted by atomic mass is 10.4. The van der Waals surface area contributed by atoms with E-state index < -0.39 is 0 Å². The minimum atomic E-state index is -0.344. The van der Waals surface area contributed by atoms with Crippen molar-refractivity contribution in [2.75, 3.05) is 0 Å². The maximum atomic E-state index is 12.1. The number of carbonyl (C=O) groups is 1. The molecule has 0 saturated heterocycles. The molecule has 0 aliphatic heterocycles. The molecule has 102 valence electrons. The van der Waals surface area contributed by atoms with Gasteiger partial charge >= 0.3 is 5.69 Å². The van der Waals surface area contributed by atoms with Gasteiger partial charge in [0.1, 0.15) is 0 Å². The van der Waals surface area contributed by atoms with Crippen molar-refractivity contribution in [2.24, 2.45) is 5.84 Å². The van der Waals surface area contributed by atoms with E-state index in [1.54, 1.807) is 30.5 Å². The number of hydrogen-bond donors (Lipinski definition) is 2. The van der Waals surface area contributed by atoms with Gasteiger partial charge in [-0.3, -0.25) is 14.6 Å². The Balaban J connectivity index is 1.93. The summed E-state index contributed by atoms with van der Waals surface area (Å²) in [4.78, 5) is 24.8. The maximum absolute atomic E-state index is 12.1. The summed E-state index contributed by atoms with van der Waals surface area (Å²) in [5.74, 6) is 4.73. The van der Waals surface area contributed by atoms with Gasteiger partial charge in [-0.05, 0) is 24.3 Å². The molecule has 0 atom stereocenters. The zero-order valence-corrected chi connectivity index (χ0v) is 11.1. The van der Waals surface area contributed by atoms with E-state index in [2.05, 4.69) is 10.5 Å². The van der Waals surface area contributed by atoms with Crippen molar-refractivity contribution in [2.45, 2.75) is 6.54 Å². The highest BCUT2D eigenvalue weighted by atomic mass is 32.1. The molecule has 0 saturated carbocycles. The number of thiophene rings is 1. The molecular formula is C12H11N5O2S. The van der Waals surface area contributed by atoms with Crippen molar-refractivity contribution in [3.8, 4) is 0 Å². The van der Waals surface area contributed by atoms with Crippen molar-refractivity contribution >= 4 is 22.9 Å². The molecule has 3 aromatic rings. The molecule has 0 spiro atoms. The largest absolute Gasteiger partial charge is 0.350 e. The number of pyridine rings is 1. The van der Waals surface area contributed by atoms with Crippen LogP contribution in [0.2, 0.25) is 0 Å². The number of carbonyl (C=O) groups excluding carboxylic acids is 1. The van der Waals surface area contributed by atoms with Crippen molar-refractivity contribution in [1.29, 1.82) is 0 Å². The molecule has 0 aromatic carbocycles. The van der Waals surface area contributed by atoms with Gasteiger partial charge in [0.2, 0.25) is 0 Å². The predicted octanol–water partition coefficient (Wildman–Crippen LogP) is 0.209. The van der Waals surface area contributed by atoms with Crippen LogP contribution in [0.1, 0.15) is 14.5 Å². The second kappa shape index (κ2) is 4.91. The lowest BCUT2D eigenvalue weighted by Gasteiger charge is -1.95. The molecule has 3 rings (SSSR count). The summed E-state index contributed by atoms with van der Waals surface area (Å²) in [5, 5.41) is 4.23. The molecule has 20 heavy (non-hydrogen) atoms. The quantitative estimate of drug-likeness (QED) is 0.409. The third kappa shape index (κ3) is 2.10. The van der Waals surface area contributed by atoms with E-state index in [0.717, 1.165) is 4.88 Å². The summed E-state index contributed by atoms with van der Waals surface area (Å²) in [7, 11) is 0. The first-order valence-electron chi connectivity index (χ1n) is 5.83. The van der Waals surface area contributed by atoms with E-state index in [4.69, 9.17) is 5.84 Å². The monoisotopic (exact) mass is 289 g/mol. The number of hydrogen-bond acceptors (Lipinski definition) is 5. The fourth-order valence-corrected chi connectivity index (χ4v) is 2.77. The van der Waals surface area contributed by atoms with E-state index >= 15 is 0 Å². The van der Waals surface area contributed by atoms with Crippen LogP contribution in [0.3, 0.4) is 0 Å². The third-order valence-electron chi connectivity index (χ3n) is 2.81. The van der Waals surface area contributed by atoms with Crippen molar-refractivity contribution < 1.29 is 4.79 Å². The van der Waals surface area contributed by atoms with E-state index in [-0.39, 0.29) is 11.6 Å². The molecule has 8 heteroatoms. The highest BCUT2D eigenvalue weighted by Crippen LogP contribution is 2.16. The molecule has 0 fully saturated rings. The van der Waals surface area contributed by atoms with Crippen LogP contribution in [-0.4, -0.2) is 20.1 Å². The number of hydrazine groups is 1. The van der Waals surface area contributed by atoms with Crippen molar-refractivity contribution in [3.05, 3.63) is 56.8 Å². The van der Waals surface area contributed by atoms with E-state index in [1.165, 1.54) is 20.4 Å². The van der Waals surface area contributed by atoms with Crippen LogP contribution < -0.4 is 17.0 Å². The Morgan fingerprint density at radius 1 is 1.35 bits per heavy atom. The van der Waals surface area contributed by atoms with Crippen LogP contribution in [0.15, 0.2) is 41.3 Å². The Bertz CT molecular complexity index is 832. The fraction of sp³-hybridized carbons (Fsp3) is 0.0833. The molecule has 0 aliphatic carbocycles. The van der Waals surface area contributed by atoms with Crippen LogP contribution in [0, 0.1) is 0 Å². The Labute approximate surface area is 117 Å². The van der Waals surface area contributed by atoms with Crippen molar-refractivity contribution in [1.82, 2.24) is 19.6 Å². The first-order chi connectivity index (χ1) is 9.69. The number of fused-ring (bicyclic) bond motifs is 1. The maximum Gasteiger partial charge on any atom is 0.350 e. The van der Waals surface area contributed by atoms with Crippen LogP contribution in [0.25, 0.3) is 5.65 Å². The van der Waals surface area contributed by atoms with Gasteiger partial charge in [0.25, 0.3) is 5.91 Å². The number of nitrogens with two attached hydrogens (primary N) is 1. The van der Waals surface area contributed by atoms with Gasteiger partial charge in [0, 0.05) is 11.1 Å². The second-order valence-corrected chi connectivity index (χ2v) is 5.28. The minimum absolute atomic E-state index is 0.209. The molecule has 3 aromatic heterocycles. The molecule has 0 radical (unpaired) electrons. The summed E-state index contributed by atoms with van der Waals surface area (Å²) in [5.41, 5.74) is 2.46. The number of aromatic nitrogens is 3. The Kier molecular flexibility index (Phi) is 3.09. The third-order valence-corrected chi connectivity index (χ3v) is 3.88. The Hall–Kier alpha value is -2.45. The van der Waals surface area contributed by atoms with Gasteiger partial charge in [0.05, 0.1) is 11.4 Å². The lowest BCUT2D eigenvalue weighted by Crippen LogP contribution is -2.29. The number of amides is 1. The highest BCUT2D eigenvalue weighted by molar-refractivity contribution is 7.14. The lowest BCUT2D eigenvalue weighted by molar-refractivity contribution is 0.0957. The Morgan fingerprint density at radius 3 is 2.95 bits per heavy atom. The van der Waals surface area contributed by atoms with Gasteiger partial charge in [-0.2, -0.15) is 0 Å². The number of nitrogens with one attached hydrogen (secondary N) is 1. The van der Waals surface area contributed by atoms with Gasteiger partial charge in [-0.25, -0.2) is 15.3 Å². The van der Waals surface area contributed by atoms with E-state index in [1.807, 2.05) is 6.07 Å². The summed E-state index contributed by atoms with van der Waals surface area (Å²) in [6, 6.07) is 8.81. The van der Waals surface area contributed by atoms with E-state index in [0.29, 0.717) is 17.1 Å². The van der Waals surface area contributed by atoms with Gasteiger partial charge < -0.3 is 0 Å². The molecule has 0 unspecified atom stereocenters. The zero-order valence-electron chi connectivity index (χ0n) is 10.3. The normalized spacial score (nSPS) is 10.8. The smallest absolute Gasteiger partial charge is 0.289 e.